The van der Waals surface area contributed by atoms with Crippen molar-refractivity contribution in [1.29, 1.82) is 0 Å². The smallest absolute Gasteiger partial charge is 0.419 e. The third kappa shape index (κ3) is 6.33. The highest BCUT2D eigenvalue weighted by Gasteiger charge is 2.84. The van der Waals surface area contributed by atoms with E-state index in [9.17, 15) is 39.6 Å². The van der Waals surface area contributed by atoms with E-state index in [1.165, 1.54) is 6.07 Å². The molecule has 0 radical (unpaired) electrons. The van der Waals surface area contributed by atoms with Crippen molar-refractivity contribution in [2.75, 3.05) is 0 Å². The van der Waals surface area contributed by atoms with Crippen LogP contribution in [0.15, 0.2) is 121 Å². The Morgan fingerprint density at radius 2 is 1.02 bits per heavy atom. The quantitative estimate of drug-likeness (QED) is 0.104. The summed E-state index contributed by atoms with van der Waals surface area (Å²) in [5.74, 6) is -13.1. The Kier molecular flexibility index (Phi) is 9.22. The zero-order valence-electron chi connectivity index (χ0n) is 25.0. The van der Waals surface area contributed by atoms with Crippen molar-refractivity contribution in [2.24, 2.45) is 0 Å². The molecule has 5 aromatic carbocycles. The van der Waals surface area contributed by atoms with Crippen molar-refractivity contribution in [3.8, 4) is 51.0 Å². The second-order valence-corrected chi connectivity index (χ2v) is 11.6. The summed E-state index contributed by atoms with van der Waals surface area (Å²) in [7, 11) is 0. The summed E-state index contributed by atoms with van der Waals surface area (Å²) in [6, 6.07) is 33.5. The van der Waals surface area contributed by atoms with Crippen LogP contribution in [0.2, 0.25) is 0 Å². The van der Waals surface area contributed by atoms with Gasteiger partial charge in [-0.3, -0.25) is 0 Å². The Hall–Kier alpha value is -5.15. The van der Waals surface area contributed by atoms with E-state index < -0.39 is 41.0 Å². The Labute approximate surface area is 281 Å². The van der Waals surface area contributed by atoms with E-state index in [1.807, 2.05) is 65.6 Å². The van der Waals surface area contributed by atoms with Gasteiger partial charge in [-0.05, 0) is 33.0 Å². The Morgan fingerprint density at radius 3 is 1.58 bits per heavy atom. The molecule has 1 heterocycles. The van der Waals surface area contributed by atoms with E-state index in [0.29, 0.717) is 39.1 Å². The zero-order valence-corrected chi connectivity index (χ0v) is 25.8. The molecule has 50 heavy (non-hydrogen) atoms. The van der Waals surface area contributed by atoms with Gasteiger partial charge in [0.05, 0.1) is 0 Å². The molecular weight excluding hydrogens is 697 g/mol. The first-order chi connectivity index (χ1) is 23.8. The minimum atomic E-state index is -6.98. The maximum Gasteiger partial charge on any atom is 0.459 e. The van der Waals surface area contributed by atoms with Crippen LogP contribution in [0.5, 0.6) is 5.75 Å². The minimum Gasteiger partial charge on any atom is -0.419 e. The molecule has 0 saturated heterocycles. The van der Waals surface area contributed by atoms with Crippen molar-refractivity contribution in [2.45, 2.75) is 23.2 Å². The number of alkyl halides is 8. The van der Waals surface area contributed by atoms with Crippen LogP contribution in [0.3, 0.4) is 0 Å². The number of hydrogen-bond acceptors (Lipinski definition) is 6. The highest BCUT2D eigenvalue weighted by molar-refractivity contribution is 7.96. The van der Waals surface area contributed by atoms with Gasteiger partial charge < -0.3 is 4.18 Å². The molecule has 256 valence electrons. The second-order valence-electron chi connectivity index (χ2n) is 10.7. The summed E-state index contributed by atoms with van der Waals surface area (Å²) < 4.78 is 128. The highest BCUT2D eigenvalue weighted by atomic mass is 32.2. The van der Waals surface area contributed by atoms with Crippen LogP contribution in [0.25, 0.3) is 56.1 Å². The van der Waals surface area contributed by atoms with E-state index in [0.717, 1.165) is 6.07 Å². The van der Waals surface area contributed by atoms with Gasteiger partial charge in [-0.15, -0.1) is 4.94 Å². The average Bonchev–Trinajstić information content (AvgIpc) is 3.13. The molecule has 15 heteroatoms. The monoisotopic (exact) mass is 717 g/mol. The van der Waals surface area contributed by atoms with Crippen molar-refractivity contribution in [1.82, 2.24) is 15.0 Å². The number of aromatic nitrogens is 3. The average molecular weight is 718 g/mol. The molecule has 0 amide bonds. The topological polar surface area (TPSA) is 57.1 Å². The molecule has 5 nitrogen and oxygen atoms in total. The van der Waals surface area contributed by atoms with Gasteiger partial charge in [0.25, 0.3) is 0 Å². The number of nitrogens with zero attached hydrogens (tertiary/aromatic N) is 3. The van der Waals surface area contributed by atoms with Crippen LogP contribution in [0, 0.1) is 0 Å². The maximum atomic E-state index is 14.8. The zero-order chi connectivity index (χ0) is 35.7. The molecular formula is C35H20F9N3O2S. The molecule has 0 aliphatic carbocycles. The van der Waals surface area contributed by atoms with Crippen LogP contribution in [-0.2, 0) is 4.94 Å². The molecule has 6 aromatic rings. The molecule has 0 bridgehead atoms. The molecule has 0 fully saturated rings. The Bertz CT molecular complexity index is 2080. The minimum absolute atomic E-state index is 0.0575. The van der Waals surface area contributed by atoms with E-state index in [-0.39, 0.29) is 17.0 Å². The summed E-state index contributed by atoms with van der Waals surface area (Å²) in [5.41, 5.74) is 2.11. The van der Waals surface area contributed by atoms with Gasteiger partial charge in [-0.2, -0.15) is 35.1 Å². The van der Waals surface area contributed by atoms with Gasteiger partial charge in [0.2, 0.25) is 0 Å². The fourth-order valence-electron chi connectivity index (χ4n) is 4.98. The molecule has 0 aliphatic rings. The van der Waals surface area contributed by atoms with Crippen molar-refractivity contribution < 1.29 is 48.8 Å². The number of halogens is 9. The lowest BCUT2D eigenvalue weighted by atomic mass is 9.96. The van der Waals surface area contributed by atoms with Crippen molar-refractivity contribution in [3.05, 3.63) is 121 Å². The molecule has 1 aromatic heterocycles. The molecule has 6 rings (SSSR count). The summed E-state index contributed by atoms with van der Waals surface area (Å²) in [6.07, 6.45) is -6.94. The molecule has 0 spiro atoms. The number of hydrogen-bond donors (Lipinski definition) is 0. The summed E-state index contributed by atoms with van der Waals surface area (Å²) in [6.45, 7) is 0. The Morgan fingerprint density at radius 1 is 0.520 bits per heavy atom. The first kappa shape index (κ1) is 34.7. The standard InChI is InChI=1S/C35H20F9N3O2S/c36-32(37,34(39,40)41)33(38,49-44)35(42,43)50-48-27-19-18-21-10-7-8-17-26(21)28(27)24-15-9-16-25(20-24)31-46-29(22-11-3-1-4-12-22)45-30(47-31)23-13-5-2-6-14-23/h1-20H. The normalized spacial score (nSPS) is 13.6. The van der Waals surface area contributed by atoms with Gasteiger partial charge in [0.1, 0.15) is 17.8 Å². The highest BCUT2D eigenvalue weighted by Crippen LogP contribution is 2.57. The molecule has 0 saturated carbocycles. The van der Waals surface area contributed by atoms with E-state index >= 15 is 0 Å². The lowest BCUT2D eigenvalue weighted by molar-refractivity contribution is -0.458. The first-order valence-corrected chi connectivity index (χ1v) is 15.2. The van der Waals surface area contributed by atoms with Gasteiger partial charge >= 0.3 is 23.2 Å². The third-order valence-electron chi connectivity index (χ3n) is 7.48. The first-order valence-electron chi connectivity index (χ1n) is 14.4. The molecule has 1 atom stereocenters. The number of benzene rings is 5. The van der Waals surface area contributed by atoms with Crippen molar-refractivity contribution in [3.63, 3.8) is 0 Å². The second kappa shape index (κ2) is 13.3. The lowest BCUT2D eigenvalue weighted by Gasteiger charge is -2.34. The van der Waals surface area contributed by atoms with E-state index in [4.69, 9.17) is 4.18 Å². The van der Waals surface area contributed by atoms with E-state index in [1.54, 1.807) is 48.5 Å². The SMILES string of the molecule is FOC(F)(C(F)(F)SOc1ccc2ccccc2c1-c1cccc(-c2nc(-c3ccccc3)nc(-c3ccccc3)n2)c1)C(F)(F)C(F)(F)F. The summed E-state index contributed by atoms with van der Waals surface area (Å²) >= 11 is -1.46. The van der Waals surface area contributed by atoms with Gasteiger partial charge in [0.15, 0.2) is 17.5 Å². The predicted octanol–water partition coefficient (Wildman–Crippen LogP) is 11.1. The maximum absolute atomic E-state index is 14.8. The number of fused-ring (bicyclic) bond motifs is 1. The number of rotatable bonds is 10. The van der Waals surface area contributed by atoms with Crippen LogP contribution in [0.1, 0.15) is 0 Å². The lowest BCUT2D eigenvalue weighted by Crippen LogP contribution is -2.63. The van der Waals surface area contributed by atoms with E-state index in [2.05, 4.69) is 15.0 Å². The van der Waals surface area contributed by atoms with Crippen molar-refractivity contribution >= 4 is 22.8 Å². The Balaban J connectivity index is 1.45. The fraction of sp³-hybridized carbons (Fsp3) is 0.114. The molecule has 0 N–H and O–H groups in total. The van der Waals surface area contributed by atoms with Gasteiger partial charge in [-0.25, -0.2) is 15.0 Å². The van der Waals surface area contributed by atoms with Crippen LogP contribution in [-0.4, -0.2) is 38.2 Å². The fourth-order valence-corrected chi connectivity index (χ4v) is 5.58. The van der Waals surface area contributed by atoms with Crippen LogP contribution < -0.4 is 4.18 Å². The van der Waals surface area contributed by atoms with Crippen LogP contribution >= 0.6 is 12.0 Å². The van der Waals surface area contributed by atoms with Gasteiger partial charge in [0, 0.05) is 22.3 Å². The molecule has 1 unspecified atom stereocenters. The predicted molar refractivity (Wildman–Crippen MR) is 169 cm³/mol. The molecule has 0 aliphatic heterocycles. The summed E-state index contributed by atoms with van der Waals surface area (Å²) in [5, 5.41) is -5.02. The third-order valence-corrected chi connectivity index (χ3v) is 8.21. The summed E-state index contributed by atoms with van der Waals surface area (Å²) in [4.78, 5) is 16.0. The largest absolute Gasteiger partial charge is 0.459 e. The van der Waals surface area contributed by atoms with Crippen LogP contribution in [0.4, 0.5) is 39.6 Å². The van der Waals surface area contributed by atoms with Gasteiger partial charge in [-0.1, -0.05) is 109 Å².